The van der Waals surface area contributed by atoms with Crippen molar-refractivity contribution >= 4 is 5.91 Å². The molecule has 0 aromatic heterocycles. The van der Waals surface area contributed by atoms with E-state index in [1.54, 1.807) is 6.08 Å². The molecule has 0 aromatic rings. The molecule has 2 heterocycles. The van der Waals surface area contributed by atoms with Crippen LogP contribution in [0.25, 0.3) is 0 Å². The maximum absolute atomic E-state index is 13.3. The maximum Gasteiger partial charge on any atom is 0.220 e. The summed E-state index contributed by atoms with van der Waals surface area (Å²) in [7, 11) is 0. The van der Waals surface area contributed by atoms with Crippen molar-refractivity contribution in [3.63, 3.8) is 0 Å². The van der Waals surface area contributed by atoms with Crippen LogP contribution in [-0.2, 0) is 23.7 Å². The zero-order chi connectivity index (χ0) is 60.2. The van der Waals surface area contributed by atoms with Crippen LogP contribution in [-0.4, -0.2) is 140 Å². The van der Waals surface area contributed by atoms with E-state index < -0.39 is 86.8 Å². The van der Waals surface area contributed by atoms with Crippen LogP contribution >= 0.6 is 0 Å². The Morgan fingerprint density at radius 2 is 0.771 bits per heavy atom. The van der Waals surface area contributed by atoms with Crippen LogP contribution in [0.2, 0.25) is 0 Å². The summed E-state index contributed by atoms with van der Waals surface area (Å²) < 4.78 is 22.8. The first kappa shape index (κ1) is 77.0. The molecule has 486 valence electrons. The van der Waals surface area contributed by atoms with E-state index in [0.29, 0.717) is 12.8 Å². The predicted molar refractivity (Wildman–Crippen MR) is 337 cm³/mol. The van der Waals surface area contributed by atoms with Crippen molar-refractivity contribution in [2.45, 2.75) is 364 Å². The van der Waals surface area contributed by atoms with Crippen molar-refractivity contribution < 1.29 is 64.6 Å². The van der Waals surface area contributed by atoms with Crippen molar-refractivity contribution in [2.24, 2.45) is 0 Å². The van der Waals surface area contributed by atoms with Crippen LogP contribution in [0.5, 0.6) is 0 Å². The van der Waals surface area contributed by atoms with Gasteiger partial charge in [-0.05, 0) is 70.6 Å². The number of aliphatic hydroxyl groups is 8. The molecule has 2 aliphatic heterocycles. The maximum atomic E-state index is 13.3. The van der Waals surface area contributed by atoms with Gasteiger partial charge in [0.1, 0.15) is 48.8 Å². The summed E-state index contributed by atoms with van der Waals surface area (Å²) in [4.78, 5) is 13.3. The Kier molecular flexibility index (Phi) is 50.2. The number of nitrogens with one attached hydrogen (secondary N) is 1. The lowest BCUT2D eigenvalue weighted by atomic mass is 9.97. The highest BCUT2D eigenvalue weighted by molar-refractivity contribution is 5.76. The first-order valence-corrected chi connectivity index (χ1v) is 34.4. The first-order valence-electron chi connectivity index (χ1n) is 34.4. The van der Waals surface area contributed by atoms with Gasteiger partial charge in [-0.2, -0.15) is 0 Å². The average molecular weight is 1180 g/mol. The van der Waals surface area contributed by atoms with Gasteiger partial charge in [-0.3, -0.25) is 4.79 Å². The summed E-state index contributed by atoms with van der Waals surface area (Å²) >= 11 is 0. The van der Waals surface area contributed by atoms with Crippen molar-refractivity contribution in [3.05, 3.63) is 48.6 Å². The van der Waals surface area contributed by atoms with E-state index in [-0.39, 0.29) is 18.9 Å². The van der Waals surface area contributed by atoms with Crippen LogP contribution in [0.4, 0.5) is 0 Å². The number of hydrogen-bond donors (Lipinski definition) is 9. The minimum Gasteiger partial charge on any atom is -0.394 e. The molecule has 2 fully saturated rings. The molecule has 12 unspecified atom stereocenters. The fourth-order valence-corrected chi connectivity index (χ4v) is 11.2. The Balaban J connectivity index is 1.64. The number of unbranched alkanes of at least 4 members (excludes halogenated alkanes) is 37. The summed E-state index contributed by atoms with van der Waals surface area (Å²) in [6, 6.07) is -0.937. The molecule has 83 heavy (non-hydrogen) atoms. The van der Waals surface area contributed by atoms with Gasteiger partial charge in [0.2, 0.25) is 5.91 Å². The summed E-state index contributed by atoms with van der Waals surface area (Å²) in [5.74, 6) is -0.250. The lowest BCUT2D eigenvalue weighted by molar-refractivity contribution is -0.359. The Labute approximate surface area is 505 Å². The van der Waals surface area contributed by atoms with Gasteiger partial charge < -0.3 is 65.1 Å². The van der Waals surface area contributed by atoms with Crippen molar-refractivity contribution in [3.8, 4) is 0 Å². The number of carbonyl (C=O) groups is 1. The summed E-state index contributed by atoms with van der Waals surface area (Å²) in [6.07, 6.45) is 53.3. The highest BCUT2D eigenvalue weighted by atomic mass is 16.7. The second-order valence-electron chi connectivity index (χ2n) is 24.3. The highest BCUT2D eigenvalue weighted by Gasteiger charge is 2.51. The number of ether oxygens (including phenoxy) is 4. The molecule has 2 aliphatic rings. The van der Waals surface area contributed by atoms with Crippen molar-refractivity contribution in [1.82, 2.24) is 5.32 Å². The molecular weight excluding hydrogens is 1050 g/mol. The van der Waals surface area contributed by atoms with Gasteiger partial charge in [-0.15, -0.1) is 0 Å². The Hall–Kier alpha value is -2.05. The van der Waals surface area contributed by atoms with Crippen LogP contribution in [0, 0.1) is 0 Å². The van der Waals surface area contributed by atoms with Crippen LogP contribution < -0.4 is 5.32 Å². The van der Waals surface area contributed by atoms with E-state index in [1.807, 2.05) is 6.08 Å². The molecule has 1 amide bonds. The molecule has 14 nitrogen and oxygen atoms in total. The van der Waals surface area contributed by atoms with Gasteiger partial charge in [0.25, 0.3) is 0 Å². The molecule has 14 heteroatoms. The Morgan fingerprint density at radius 1 is 0.422 bits per heavy atom. The van der Waals surface area contributed by atoms with E-state index in [9.17, 15) is 45.6 Å². The standard InChI is InChI=1S/C69H127NO13/c1-3-5-7-9-11-13-15-17-19-21-22-23-24-25-26-27-28-29-30-31-32-33-34-35-36-37-39-41-43-45-47-49-51-53-61(74)70-57(58(73)52-50-48-46-44-42-40-38-20-18-16-14-12-10-8-6-4-2)56-80-68-66(79)64(77)67(60(55-72)82-68)83-69-65(78)63(76)62(75)59(54-71)81-69/h18,20-22,42,44,50,52,57-60,62-69,71-73,75-79H,3-17,19,23-41,43,45-49,51,53-56H2,1-2H3,(H,70,74)/b20-18+,22-21-,44-42+,52-50+. The van der Waals surface area contributed by atoms with Gasteiger partial charge in [0, 0.05) is 6.42 Å². The van der Waals surface area contributed by atoms with E-state index in [2.05, 4.69) is 55.6 Å². The molecule has 0 spiro atoms. The average Bonchev–Trinajstić information content (AvgIpc) is 3.65. The molecule has 0 aliphatic carbocycles. The smallest absolute Gasteiger partial charge is 0.220 e. The number of allylic oxidation sites excluding steroid dienone is 7. The van der Waals surface area contributed by atoms with E-state index in [0.717, 1.165) is 44.9 Å². The second-order valence-corrected chi connectivity index (χ2v) is 24.3. The molecule has 12 atom stereocenters. The van der Waals surface area contributed by atoms with Gasteiger partial charge in [0.15, 0.2) is 12.6 Å². The Morgan fingerprint density at radius 3 is 1.18 bits per heavy atom. The summed E-state index contributed by atoms with van der Waals surface area (Å²) in [5.41, 5.74) is 0. The van der Waals surface area contributed by atoms with Crippen LogP contribution in [0.15, 0.2) is 48.6 Å². The monoisotopic (exact) mass is 1180 g/mol. The molecule has 0 aromatic carbocycles. The summed E-state index contributed by atoms with van der Waals surface area (Å²) in [6.45, 7) is 2.79. The Bertz CT molecular complexity index is 1580. The third kappa shape index (κ3) is 38.8. The zero-order valence-electron chi connectivity index (χ0n) is 52.7. The molecule has 2 saturated heterocycles. The van der Waals surface area contributed by atoms with Gasteiger partial charge in [-0.1, -0.05) is 262 Å². The molecular formula is C69H127NO13. The third-order valence-electron chi connectivity index (χ3n) is 16.7. The number of aliphatic hydroxyl groups excluding tert-OH is 8. The van der Waals surface area contributed by atoms with Gasteiger partial charge >= 0.3 is 0 Å². The quantitative estimate of drug-likeness (QED) is 0.0204. The first-order chi connectivity index (χ1) is 40.6. The van der Waals surface area contributed by atoms with Crippen molar-refractivity contribution in [2.75, 3.05) is 19.8 Å². The lowest BCUT2D eigenvalue weighted by Crippen LogP contribution is -2.65. The molecule has 2 rings (SSSR count). The van der Waals surface area contributed by atoms with E-state index in [4.69, 9.17) is 18.9 Å². The van der Waals surface area contributed by atoms with Gasteiger partial charge in [-0.25, -0.2) is 0 Å². The lowest BCUT2D eigenvalue weighted by Gasteiger charge is -2.46. The number of hydrogen-bond acceptors (Lipinski definition) is 13. The number of rotatable bonds is 56. The van der Waals surface area contributed by atoms with E-state index >= 15 is 0 Å². The SMILES string of the molecule is CCCCCCCC/C=C/CC/C=C/CC/C=C/C(O)C(COC1OC(CO)C(OC2OC(CO)C(O)C(O)C2O)C(O)C1O)NC(=O)CCCCCCCCCCCCCCCCCCCCCCC/C=C\CCCCCCCCCC. The molecule has 0 radical (unpaired) electrons. The molecule has 9 N–H and O–H groups in total. The minimum atomic E-state index is -1.79. The molecule has 0 bridgehead atoms. The van der Waals surface area contributed by atoms with E-state index in [1.165, 1.54) is 212 Å². The fraction of sp³-hybridized carbons (Fsp3) is 0.870. The minimum absolute atomic E-state index is 0.250. The number of amides is 1. The van der Waals surface area contributed by atoms with Crippen molar-refractivity contribution in [1.29, 1.82) is 0 Å². The fourth-order valence-electron chi connectivity index (χ4n) is 11.2. The number of carbonyl (C=O) groups excluding carboxylic acids is 1. The summed E-state index contributed by atoms with van der Waals surface area (Å²) in [5, 5.41) is 87.2. The van der Waals surface area contributed by atoms with Gasteiger partial charge in [0.05, 0.1) is 32.0 Å². The highest BCUT2D eigenvalue weighted by Crippen LogP contribution is 2.30. The predicted octanol–water partition coefficient (Wildman–Crippen LogP) is 13.5. The normalized spacial score (nSPS) is 24.1. The topological polar surface area (TPSA) is 228 Å². The van der Waals surface area contributed by atoms with Crippen LogP contribution in [0.1, 0.15) is 290 Å². The second kappa shape index (κ2) is 54.1. The zero-order valence-corrected chi connectivity index (χ0v) is 52.7. The largest absolute Gasteiger partial charge is 0.394 e. The molecule has 0 saturated carbocycles. The van der Waals surface area contributed by atoms with Crippen LogP contribution in [0.3, 0.4) is 0 Å². The third-order valence-corrected chi connectivity index (χ3v) is 16.7.